The van der Waals surface area contributed by atoms with E-state index in [1.165, 1.54) is 26.4 Å². The molecule has 0 aliphatic carbocycles. The molecule has 0 aromatic heterocycles. The predicted octanol–water partition coefficient (Wildman–Crippen LogP) is 2.64. The van der Waals surface area contributed by atoms with E-state index < -0.39 is 26.3 Å². The minimum Gasteiger partial charge on any atom is -0.354 e. The van der Waals surface area contributed by atoms with Crippen molar-refractivity contribution in [1.82, 2.24) is 5.32 Å². The smallest absolute Gasteiger partial charge is 0.270 e. The van der Waals surface area contributed by atoms with Gasteiger partial charge in [-0.25, -0.2) is 4.21 Å². The number of non-ortho nitro benzene ring substituents is 1. The number of hydrogen-bond donors (Lipinski definition) is 1. The van der Waals surface area contributed by atoms with Crippen LogP contribution in [0.25, 0.3) is 0 Å². The van der Waals surface area contributed by atoms with E-state index in [2.05, 4.69) is 26.7 Å². The fourth-order valence-corrected chi connectivity index (χ4v) is 1.54. The Morgan fingerprint density at radius 3 is 2.35 bits per heavy atom. The van der Waals surface area contributed by atoms with Gasteiger partial charge >= 0.3 is 0 Å². The van der Waals surface area contributed by atoms with Gasteiger partial charge in [0.15, 0.2) is 6.29 Å². The van der Waals surface area contributed by atoms with Crippen LogP contribution in [0.3, 0.4) is 0 Å². The molecular formula is C11H13Cl3N2O6S. The van der Waals surface area contributed by atoms with E-state index >= 15 is 0 Å². The molecule has 0 atom stereocenters. The molecule has 0 spiro atoms. The van der Waals surface area contributed by atoms with Crippen molar-refractivity contribution in [2.45, 2.75) is 6.29 Å². The van der Waals surface area contributed by atoms with E-state index in [1.54, 1.807) is 0 Å². The number of halogens is 3. The average Bonchev–Trinajstić information content (AvgIpc) is 2.47. The summed E-state index contributed by atoms with van der Waals surface area (Å²) in [4.78, 5) is 21.9. The van der Waals surface area contributed by atoms with Gasteiger partial charge in [-0.05, 0) is 6.07 Å². The normalized spacial score (nSPS) is 10.2. The maximum absolute atomic E-state index is 11.8. The molecule has 0 heterocycles. The zero-order valence-electron chi connectivity index (χ0n) is 12.0. The molecule has 0 unspecified atom stereocenters. The van der Waals surface area contributed by atoms with Crippen molar-refractivity contribution >= 4 is 53.8 Å². The molecule has 130 valence electrons. The van der Waals surface area contributed by atoms with Crippen LogP contribution in [-0.4, -0.2) is 42.1 Å². The van der Waals surface area contributed by atoms with Gasteiger partial charge in [-0.2, -0.15) is 0 Å². The molecule has 1 aromatic carbocycles. The van der Waals surface area contributed by atoms with Gasteiger partial charge in [-0.3, -0.25) is 14.9 Å². The van der Waals surface area contributed by atoms with Gasteiger partial charge in [0, 0.05) is 47.7 Å². The fraction of sp³-hybridized carbons (Fsp3) is 0.364. The average molecular weight is 408 g/mol. The Kier molecular flexibility index (Phi) is 11.1. The number of ether oxygens (including phenoxy) is 2. The number of rotatable bonds is 6. The van der Waals surface area contributed by atoms with E-state index in [-0.39, 0.29) is 22.8 Å². The van der Waals surface area contributed by atoms with Crippen molar-refractivity contribution in [2.75, 3.05) is 20.8 Å². The summed E-state index contributed by atoms with van der Waals surface area (Å²) in [6.45, 7) is 0.102. The molecule has 8 nitrogen and oxygen atoms in total. The lowest BCUT2D eigenvalue weighted by atomic mass is 10.2. The Hall–Kier alpha value is -0.970. The van der Waals surface area contributed by atoms with Crippen molar-refractivity contribution in [3.05, 3.63) is 38.9 Å². The van der Waals surface area contributed by atoms with Gasteiger partial charge in [0.05, 0.1) is 22.1 Å². The topological polar surface area (TPSA) is 108 Å². The molecule has 0 saturated heterocycles. The summed E-state index contributed by atoms with van der Waals surface area (Å²) >= 11 is 5.83. The third-order valence-corrected chi connectivity index (χ3v) is 2.69. The Balaban J connectivity index is 0.00000108. The van der Waals surface area contributed by atoms with Crippen LogP contribution in [-0.2, 0) is 18.7 Å². The van der Waals surface area contributed by atoms with Gasteiger partial charge < -0.3 is 14.8 Å². The number of methoxy groups -OCH3 is 2. The molecule has 0 saturated carbocycles. The summed E-state index contributed by atoms with van der Waals surface area (Å²) in [5.41, 5.74) is -0.175. The lowest BCUT2D eigenvalue weighted by molar-refractivity contribution is -0.384. The molecule has 0 aliphatic rings. The Morgan fingerprint density at radius 2 is 1.91 bits per heavy atom. The zero-order chi connectivity index (χ0) is 18.0. The SMILES string of the molecule is COC(CNC(=O)c1cc([N+](=O)[O-])ccc1Cl)OC.O=S(Cl)Cl. The number of carbonyl (C=O) groups excluding carboxylic acids is 1. The molecule has 0 bridgehead atoms. The summed E-state index contributed by atoms with van der Waals surface area (Å²) in [7, 11) is 10.2. The van der Waals surface area contributed by atoms with Crippen molar-refractivity contribution in [3.8, 4) is 0 Å². The Bertz CT molecular complexity index is 567. The number of hydrogen-bond acceptors (Lipinski definition) is 6. The number of nitro benzene ring substituents is 1. The number of nitrogens with zero attached hydrogens (tertiary/aromatic N) is 1. The Morgan fingerprint density at radius 1 is 1.39 bits per heavy atom. The first kappa shape index (κ1) is 22.0. The van der Waals surface area contributed by atoms with E-state index in [0.29, 0.717) is 0 Å². The van der Waals surface area contributed by atoms with Crippen molar-refractivity contribution < 1.29 is 23.4 Å². The van der Waals surface area contributed by atoms with Gasteiger partial charge in [-0.15, -0.1) is 0 Å². The van der Waals surface area contributed by atoms with Gasteiger partial charge in [0.25, 0.3) is 11.6 Å². The molecule has 1 rings (SSSR count). The second kappa shape index (κ2) is 11.5. The molecule has 1 aromatic rings. The second-order valence-electron chi connectivity index (χ2n) is 3.72. The van der Waals surface area contributed by atoms with Crippen LogP contribution in [0.4, 0.5) is 5.69 Å². The highest BCUT2D eigenvalue weighted by Crippen LogP contribution is 2.21. The van der Waals surface area contributed by atoms with Crippen LogP contribution >= 0.6 is 33.0 Å². The quantitative estimate of drug-likeness (QED) is 0.336. The van der Waals surface area contributed by atoms with E-state index in [0.717, 1.165) is 6.07 Å². The standard InChI is InChI=1S/C11H13ClN2O5.Cl2OS/c1-18-10(19-2)6-13-11(15)8-5-7(14(16)17)3-4-9(8)12;1-4(2)3/h3-5,10H,6H2,1-2H3,(H,13,15);. The first-order valence-corrected chi connectivity index (χ1v) is 8.93. The molecule has 0 fully saturated rings. The zero-order valence-corrected chi connectivity index (χ0v) is 15.0. The van der Waals surface area contributed by atoms with Crippen LogP contribution in [0.2, 0.25) is 5.02 Å². The molecule has 23 heavy (non-hydrogen) atoms. The number of nitrogens with one attached hydrogen (secondary N) is 1. The third kappa shape index (κ3) is 9.04. The molecule has 0 aliphatic heterocycles. The van der Waals surface area contributed by atoms with Crippen LogP contribution < -0.4 is 5.32 Å². The largest absolute Gasteiger partial charge is 0.354 e. The van der Waals surface area contributed by atoms with Crippen molar-refractivity contribution in [2.24, 2.45) is 0 Å². The highest BCUT2D eigenvalue weighted by atomic mass is 36.0. The van der Waals surface area contributed by atoms with Crippen LogP contribution in [0.15, 0.2) is 18.2 Å². The van der Waals surface area contributed by atoms with Gasteiger partial charge in [0.2, 0.25) is 9.23 Å². The number of carbonyl (C=O) groups is 1. The highest BCUT2D eigenvalue weighted by Gasteiger charge is 2.16. The number of nitro groups is 1. The first-order chi connectivity index (χ1) is 10.7. The van der Waals surface area contributed by atoms with Gasteiger partial charge in [0.1, 0.15) is 0 Å². The maximum Gasteiger partial charge on any atom is 0.270 e. The molecule has 1 N–H and O–H groups in total. The van der Waals surface area contributed by atoms with Crippen LogP contribution in [0.5, 0.6) is 0 Å². The monoisotopic (exact) mass is 406 g/mol. The molecular weight excluding hydrogens is 395 g/mol. The van der Waals surface area contributed by atoms with Crippen molar-refractivity contribution in [3.63, 3.8) is 0 Å². The highest BCUT2D eigenvalue weighted by molar-refractivity contribution is 8.26. The Labute approximate surface area is 148 Å². The van der Waals surface area contributed by atoms with Gasteiger partial charge in [-0.1, -0.05) is 11.6 Å². The van der Waals surface area contributed by atoms with Crippen LogP contribution in [0.1, 0.15) is 10.4 Å². The third-order valence-electron chi connectivity index (χ3n) is 2.36. The van der Waals surface area contributed by atoms with E-state index in [1.807, 2.05) is 0 Å². The van der Waals surface area contributed by atoms with E-state index in [9.17, 15) is 14.9 Å². The minimum atomic E-state index is -1.67. The fourth-order valence-electron chi connectivity index (χ4n) is 1.33. The maximum atomic E-state index is 11.8. The molecule has 12 heteroatoms. The van der Waals surface area contributed by atoms with Crippen LogP contribution in [0, 0.1) is 10.1 Å². The van der Waals surface area contributed by atoms with E-state index in [4.69, 9.17) is 25.3 Å². The summed E-state index contributed by atoms with van der Waals surface area (Å²) in [5, 5.41) is 13.3. The summed E-state index contributed by atoms with van der Waals surface area (Å²) < 4.78 is 18.9. The summed E-state index contributed by atoms with van der Waals surface area (Å²) in [6, 6.07) is 3.65. The number of amides is 1. The summed E-state index contributed by atoms with van der Waals surface area (Å²) in [6.07, 6.45) is -0.596. The molecule has 1 amide bonds. The second-order valence-corrected chi connectivity index (χ2v) is 6.65. The summed E-state index contributed by atoms with van der Waals surface area (Å²) in [5.74, 6) is -0.534. The lowest BCUT2D eigenvalue weighted by Crippen LogP contribution is -2.34. The van der Waals surface area contributed by atoms with Crippen molar-refractivity contribution in [1.29, 1.82) is 0 Å². The molecule has 0 radical (unpaired) electrons. The first-order valence-electron chi connectivity index (χ1n) is 5.74. The lowest BCUT2D eigenvalue weighted by Gasteiger charge is -2.14. The predicted molar refractivity (Wildman–Crippen MR) is 88.1 cm³/mol. The number of benzene rings is 1. The minimum absolute atomic E-state index is 0.0295.